The summed E-state index contributed by atoms with van der Waals surface area (Å²) in [5, 5.41) is 0. The van der Waals surface area contributed by atoms with Gasteiger partial charge in [0.05, 0.1) is 6.54 Å². The molecule has 0 spiro atoms. The highest BCUT2D eigenvalue weighted by atomic mass is 32.2. The van der Waals surface area contributed by atoms with Crippen molar-refractivity contribution in [2.24, 2.45) is 0 Å². The molecule has 1 fully saturated rings. The highest BCUT2D eigenvalue weighted by molar-refractivity contribution is 8.00. The molecule has 0 amide bonds. The topological polar surface area (TPSA) is 3.24 Å². The van der Waals surface area contributed by atoms with Crippen LogP contribution in [0.3, 0.4) is 0 Å². The number of hydrogen-bond donors (Lipinski definition) is 0. The van der Waals surface area contributed by atoms with Gasteiger partial charge in [-0.1, -0.05) is 19.8 Å². The lowest BCUT2D eigenvalue weighted by atomic mass is 10.1. The highest BCUT2D eigenvalue weighted by Gasteiger charge is 2.22. The first-order valence-electron chi connectivity index (χ1n) is 4.44. The molecule has 1 rings (SSSR count). The SMILES string of the molecule is C#CCN1CCSC(C)(C)CC1. The van der Waals surface area contributed by atoms with Gasteiger partial charge in [-0.05, 0) is 6.42 Å². The van der Waals surface area contributed by atoms with Gasteiger partial charge in [-0.3, -0.25) is 4.90 Å². The molecule has 0 aromatic heterocycles. The van der Waals surface area contributed by atoms with Crippen molar-refractivity contribution in [3.05, 3.63) is 0 Å². The van der Waals surface area contributed by atoms with E-state index in [1.165, 1.54) is 12.2 Å². The van der Waals surface area contributed by atoms with Crippen molar-refractivity contribution in [1.82, 2.24) is 4.90 Å². The fourth-order valence-corrected chi connectivity index (χ4v) is 2.49. The van der Waals surface area contributed by atoms with Crippen LogP contribution in [-0.4, -0.2) is 35.0 Å². The zero-order chi connectivity index (χ0) is 9.03. The molecule has 0 saturated carbocycles. The third-order valence-corrected chi connectivity index (χ3v) is 3.62. The number of thioether (sulfide) groups is 1. The number of rotatable bonds is 1. The summed E-state index contributed by atoms with van der Waals surface area (Å²) in [5.41, 5.74) is 0. The van der Waals surface area contributed by atoms with Gasteiger partial charge in [0.1, 0.15) is 0 Å². The third-order valence-electron chi connectivity index (χ3n) is 2.25. The Morgan fingerprint density at radius 1 is 1.50 bits per heavy atom. The highest BCUT2D eigenvalue weighted by Crippen LogP contribution is 2.30. The Hall–Kier alpha value is -0.130. The maximum absolute atomic E-state index is 5.28. The summed E-state index contributed by atoms with van der Waals surface area (Å²) in [5.74, 6) is 3.93. The van der Waals surface area contributed by atoms with E-state index in [0.29, 0.717) is 4.75 Å². The van der Waals surface area contributed by atoms with Gasteiger partial charge in [-0.25, -0.2) is 0 Å². The molecule has 0 unspecified atom stereocenters. The van der Waals surface area contributed by atoms with Gasteiger partial charge in [0.15, 0.2) is 0 Å². The van der Waals surface area contributed by atoms with E-state index >= 15 is 0 Å². The molecular formula is C10H17NS. The van der Waals surface area contributed by atoms with E-state index < -0.39 is 0 Å². The summed E-state index contributed by atoms with van der Waals surface area (Å²) in [6, 6.07) is 0. The largest absolute Gasteiger partial charge is 0.291 e. The van der Waals surface area contributed by atoms with Gasteiger partial charge >= 0.3 is 0 Å². The zero-order valence-electron chi connectivity index (χ0n) is 7.97. The molecule has 0 aromatic rings. The van der Waals surface area contributed by atoms with Gasteiger partial charge in [-0.15, -0.1) is 6.42 Å². The second-order valence-electron chi connectivity index (χ2n) is 3.84. The predicted octanol–water partition coefficient (Wildman–Crippen LogP) is 1.84. The Morgan fingerprint density at radius 2 is 2.25 bits per heavy atom. The first-order chi connectivity index (χ1) is 5.64. The summed E-state index contributed by atoms with van der Waals surface area (Å²) in [6.07, 6.45) is 6.53. The summed E-state index contributed by atoms with van der Waals surface area (Å²) >= 11 is 2.06. The van der Waals surface area contributed by atoms with Crippen LogP contribution in [0.2, 0.25) is 0 Å². The second kappa shape index (κ2) is 4.20. The summed E-state index contributed by atoms with van der Waals surface area (Å²) < 4.78 is 0.448. The summed E-state index contributed by atoms with van der Waals surface area (Å²) in [7, 11) is 0. The number of hydrogen-bond acceptors (Lipinski definition) is 2. The molecule has 1 heterocycles. The normalized spacial score (nSPS) is 24.4. The number of terminal acetylenes is 1. The Bertz CT molecular complexity index is 181. The van der Waals surface area contributed by atoms with Crippen molar-refractivity contribution >= 4 is 11.8 Å². The van der Waals surface area contributed by atoms with E-state index in [-0.39, 0.29) is 0 Å². The van der Waals surface area contributed by atoms with E-state index in [1.54, 1.807) is 0 Å². The molecule has 1 nitrogen and oxygen atoms in total. The average Bonchev–Trinajstić information content (AvgIpc) is 2.14. The van der Waals surface area contributed by atoms with Crippen LogP contribution in [0.25, 0.3) is 0 Å². The maximum Gasteiger partial charge on any atom is 0.0599 e. The van der Waals surface area contributed by atoms with Crippen molar-refractivity contribution in [1.29, 1.82) is 0 Å². The minimum atomic E-state index is 0.448. The molecule has 0 aromatic carbocycles. The molecule has 1 aliphatic rings. The van der Waals surface area contributed by atoms with Crippen LogP contribution >= 0.6 is 11.8 Å². The smallest absolute Gasteiger partial charge is 0.0599 e. The molecule has 12 heavy (non-hydrogen) atoms. The predicted molar refractivity (Wildman–Crippen MR) is 56.4 cm³/mol. The average molecular weight is 183 g/mol. The fraction of sp³-hybridized carbons (Fsp3) is 0.800. The Balaban J connectivity index is 2.40. The van der Waals surface area contributed by atoms with E-state index in [9.17, 15) is 0 Å². The molecule has 1 saturated heterocycles. The van der Waals surface area contributed by atoms with Crippen molar-refractivity contribution in [3.8, 4) is 12.3 Å². The Morgan fingerprint density at radius 3 is 2.92 bits per heavy atom. The van der Waals surface area contributed by atoms with Gasteiger partial charge in [0, 0.05) is 23.6 Å². The van der Waals surface area contributed by atoms with Gasteiger partial charge in [0.2, 0.25) is 0 Å². The van der Waals surface area contributed by atoms with E-state index in [1.807, 2.05) is 0 Å². The molecule has 0 radical (unpaired) electrons. The van der Waals surface area contributed by atoms with E-state index in [0.717, 1.165) is 19.6 Å². The molecule has 68 valence electrons. The molecule has 0 N–H and O–H groups in total. The van der Waals surface area contributed by atoms with E-state index in [4.69, 9.17) is 6.42 Å². The monoisotopic (exact) mass is 183 g/mol. The lowest BCUT2D eigenvalue weighted by molar-refractivity contribution is 0.318. The van der Waals surface area contributed by atoms with Crippen molar-refractivity contribution in [2.75, 3.05) is 25.4 Å². The minimum absolute atomic E-state index is 0.448. The molecular weight excluding hydrogens is 166 g/mol. The maximum atomic E-state index is 5.28. The molecule has 2 heteroatoms. The van der Waals surface area contributed by atoms with Crippen LogP contribution < -0.4 is 0 Å². The van der Waals surface area contributed by atoms with Crippen molar-refractivity contribution in [3.63, 3.8) is 0 Å². The van der Waals surface area contributed by atoms with Gasteiger partial charge in [-0.2, -0.15) is 11.8 Å². The first-order valence-corrected chi connectivity index (χ1v) is 5.42. The van der Waals surface area contributed by atoms with Crippen LogP contribution in [-0.2, 0) is 0 Å². The lowest BCUT2D eigenvalue weighted by Gasteiger charge is -2.21. The van der Waals surface area contributed by atoms with Gasteiger partial charge < -0.3 is 0 Å². The van der Waals surface area contributed by atoms with Crippen LogP contribution in [0, 0.1) is 12.3 Å². The van der Waals surface area contributed by atoms with Crippen molar-refractivity contribution < 1.29 is 0 Å². The summed E-state index contributed by atoms with van der Waals surface area (Å²) in [6.45, 7) is 7.76. The van der Waals surface area contributed by atoms with Gasteiger partial charge in [0.25, 0.3) is 0 Å². The molecule has 0 bridgehead atoms. The molecule has 1 aliphatic heterocycles. The fourth-order valence-electron chi connectivity index (χ4n) is 1.35. The van der Waals surface area contributed by atoms with E-state index in [2.05, 4.69) is 36.4 Å². The zero-order valence-corrected chi connectivity index (χ0v) is 8.78. The van der Waals surface area contributed by atoms with Crippen LogP contribution in [0.15, 0.2) is 0 Å². The third kappa shape index (κ3) is 3.08. The van der Waals surface area contributed by atoms with Crippen molar-refractivity contribution in [2.45, 2.75) is 25.0 Å². The molecule has 0 atom stereocenters. The Labute approximate surface area is 79.9 Å². The van der Waals surface area contributed by atoms with Crippen LogP contribution in [0.5, 0.6) is 0 Å². The number of nitrogens with zero attached hydrogens (tertiary/aromatic N) is 1. The lowest BCUT2D eigenvalue weighted by Crippen LogP contribution is -2.27. The standard InChI is InChI=1S/C10H17NS/c1-4-6-11-7-5-10(2,3)12-9-8-11/h1H,5-9H2,2-3H3. The minimum Gasteiger partial charge on any atom is -0.291 e. The van der Waals surface area contributed by atoms with Crippen LogP contribution in [0.1, 0.15) is 20.3 Å². The Kier molecular flexibility index (Phi) is 3.49. The summed E-state index contributed by atoms with van der Waals surface area (Å²) in [4.78, 5) is 2.36. The van der Waals surface area contributed by atoms with Crippen LogP contribution in [0.4, 0.5) is 0 Å². The second-order valence-corrected chi connectivity index (χ2v) is 5.64. The molecule has 0 aliphatic carbocycles. The quantitative estimate of drug-likeness (QED) is 0.571. The first kappa shape index (κ1) is 9.95.